The molecule has 1 saturated carbocycles. The number of nitrogens with zero attached hydrogens (tertiary/aromatic N) is 2. The summed E-state index contributed by atoms with van der Waals surface area (Å²) >= 11 is 0.923. The average molecular weight is 1080 g/mol. The smallest absolute Gasteiger partial charge is 0.295 e. The molecule has 8 rings (SSSR count). The Bertz CT molecular complexity index is 3410. The normalized spacial score (nSPS) is 22.1. The summed E-state index contributed by atoms with van der Waals surface area (Å²) in [6.07, 6.45) is 3.64. The van der Waals surface area contributed by atoms with E-state index in [1.54, 1.807) is 52.0 Å². The summed E-state index contributed by atoms with van der Waals surface area (Å²) in [6, 6.07) is 11.4. The van der Waals surface area contributed by atoms with Gasteiger partial charge in [0.1, 0.15) is 22.5 Å². The first-order valence-corrected chi connectivity index (χ1v) is 28.0. The topological polar surface area (TPSA) is 342 Å². The van der Waals surface area contributed by atoms with Gasteiger partial charge in [0, 0.05) is 61.1 Å². The van der Waals surface area contributed by atoms with Gasteiger partial charge in [0.05, 0.1) is 40.5 Å². The van der Waals surface area contributed by atoms with Crippen LogP contribution in [0.1, 0.15) is 50.7 Å². The number of β-amino-alcohol motifs (C(OH)–C–C–N with tert-alkyl or cyclic N) is 2. The fourth-order valence-electron chi connectivity index (χ4n) is 10.5. The van der Waals surface area contributed by atoms with Crippen molar-refractivity contribution in [3.63, 3.8) is 0 Å². The van der Waals surface area contributed by atoms with Crippen molar-refractivity contribution in [3.05, 3.63) is 94.7 Å². The van der Waals surface area contributed by atoms with Gasteiger partial charge in [-0.1, -0.05) is 34.4 Å². The second kappa shape index (κ2) is 18.6. The maximum atomic E-state index is 13.0. The molecule has 1 fully saturated rings. The molecule has 4 aromatic carbocycles. The third kappa shape index (κ3) is 9.89. The summed E-state index contributed by atoms with van der Waals surface area (Å²) in [5.74, 6) is -2.02. The molecule has 2 aliphatic carbocycles. The lowest BCUT2D eigenvalue weighted by atomic mass is 9.78. The Hall–Kier alpha value is -3.89. The molecule has 22 nitrogen and oxygen atoms in total. The SMILES string of the molecule is CC12CCC(C=CC=C3CCC4(C)C3=[N+](CC(O)CS(=O)(=O)O)c3ccc5cc(SOOO)cc(S(=O)(=O)O)c5c34)=C1N(CC(O)CS(=O)(=O)O)c1ccc3cc(S(=O)(=O)O)cc(SOOO)c3c12. The van der Waals surface area contributed by atoms with Gasteiger partial charge in [-0.2, -0.15) is 38.2 Å². The molecular formula is C41H43N2O20S6+. The van der Waals surface area contributed by atoms with E-state index in [9.17, 15) is 62.1 Å². The van der Waals surface area contributed by atoms with E-state index < -0.39 is 84.8 Å². The molecule has 0 amide bonds. The third-order valence-electron chi connectivity index (χ3n) is 12.8. The second-order valence-electron chi connectivity index (χ2n) is 17.3. The molecular weight excluding hydrogens is 1030 g/mol. The Labute approximate surface area is 403 Å². The maximum Gasteiger partial charge on any atom is 0.295 e. The minimum atomic E-state index is -4.95. The number of allylic oxidation sites excluding steroid dienone is 6. The first-order chi connectivity index (χ1) is 32.2. The predicted octanol–water partition coefficient (Wildman–Crippen LogP) is 5.30. The van der Waals surface area contributed by atoms with Gasteiger partial charge >= 0.3 is 0 Å². The van der Waals surface area contributed by atoms with Crippen molar-refractivity contribution in [1.82, 2.24) is 0 Å². The largest absolute Gasteiger partial charge is 0.390 e. The van der Waals surface area contributed by atoms with Crippen molar-refractivity contribution in [3.8, 4) is 0 Å². The van der Waals surface area contributed by atoms with E-state index in [-0.39, 0.29) is 28.3 Å². The van der Waals surface area contributed by atoms with Crippen molar-refractivity contribution in [2.45, 2.75) is 82.2 Å². The number of hydrogen-bond acceptors (Lipinski definition) is 19. The van der Waals surface area contributed by atoms with Crippen molar-refractivity contribution in [1.29, 1.82) is 0 Å². The van der Waals surface area contributed by atoms with Crippen molar-refractivity contribution in [2.24, 2.45) is 0 Å². The molecule has 0 bridgehead atoms. The Kier molecular flexibility index (Phi) is 13.9. The van der Waals surface area contributed by atoms with E-state index >= 15 is 0 Å². The quantitative estimate of drug-likeness (QED) is 0.0206. The van der Waals surface area contributed by atoms with E-state index in [1.807, 2.05) is 13.8 Å². The van der Waals surface area contributed by atoms with Crippen LogP contribution in [0.2, 0.25) is 0 Å². The second-order valence-corrected chi connectivity index (χ2v) is 24.6. The minimum Gasteiger partial charge on any atom is -0.390 e. The van der Waals surface area contributed by atoms with Crippen LogP contribution in [0.5, 0.6) is 0 Å². The first-order valence-electron chi connectivity index (χ1n) is 20.5. The fraction of sp³-hybridized carbons (Fsp3) is 0.341. The number of benzene rings is 4. The van der Waals surface area contributed by atoms with Crippen LogP contribution in [0.25, 0.3) is 21.5 Å². The molecule has 372 valence electrons. The van der Waals surface area contributed by atoms with Gasteiger partial charge in [0.15, 0.2) is 12.3 Å². The molecule has 2 aliphatic heterocycles. The summed E-state index contributed by atoms with van der Waals surface area (Å²) in [5, 5.41) is 48.6. The van der Waals surface area contributed by atoms with Gasteiger partial charge in [0.2, 0.25) is 5.69 Å². The first kappa shape index (κ1) is 51.5. The van der Waals surface area contributed by atoms with E-state index in [0.717, 1.165) is 12.1 Å². The van der Waals surface area contributed by atoms with Crippen molar-refractivity contribution < 1.29 is 95.9 Å². The van der Waals surface area contributed by atoms with Crippen LogP contribution in [0.3, 0.4) is 0 Å². The van der Waals surface area contributed by atoms with Crippen LogP contribution >= 0.6 is 24.1 Å². The molecule has 8 N–H and O–H groups in total. The van der Waals surface area contributed by atoms with E-state index in [2.05, 4.69) is 14.4 Å². The van der Waals surface area contributed by atoms with Crippen LogP contribution in [0.4, 0.5) is 11.4 Å². The molecule has 4 aliphatic rings. The maximum absolute atomic E-state index is 13.0. The molecule has 4 aromatic rings. The number of fused-ring (bicyclic) bond motifs is 10. The highest BCUT2D eigenvalue weighted by molar-refractivity contribution is 7.95. The summed E-state index contributed by atoms with van der Waals surface area (Å²) < 4.78 is 149. The Morgan fingerprint density at radius 1 is 0.754 bits per heavy atom. The summed E-state index contributed by atoms with van der Waals surface area (Å²) in [7, 11) is -19.0. The highest BCUT2D eigenvalue weighted by atomic mass is 32.2. The van der Waals surface area contributed by atoms with Crippen molar-refractivity contribution in [2.75, 3.05) is 29.5 Å². The molecule has 0 spiro atoms. The van der Waals surface area contributed by atoms with Gasteiger partial charge in [-0.3, -0.25) is 18.2 Å². The van der Waals surface area contributed by atoms with Crippen LogP contribution < -0.4 is 4.90 Å². The lowest BCUT2D eigenvalue weighted by molar-refractivity contribution is -0.448. The van der Waals surface area contributed by atoms with Crippen LogP contribution in [0, 0.1) is 0 Å². The van der Waals surface area contributed by atoms with Crippen LogP contribution in [0.15, 0.2) is 103 Å². The zero-order chi connectivity index (χ0) is 50.2. The summed E-state index contributed by atoms with van der Waals surface area (Å²) in [6.45, 7) is 3.03. The lowest BCUT2D eigenvalue weighted by Crippen LogP contribution is -2.36. The van der Waals surface area contributed by atoms with Crippen LogP contribution in [-0.4, -0.2) is 120 Å². The van der Waals surface area contributed by atoms with Crippen molar-refractivity contribution >= 4 is 103 Å². The molecule has 28 heteroatoms. The molecule has 4 atom stereocenters. The number of aliphatic hydroxyl groups is 2. The van der Waals surface area contributed by atoms with Crippen LogP contribution in [-0.2, 0) is 70.0 Å². The van der Waals surface area contributed by atoms with Gasteiger partial charge in [-0.25, -0.2) is 10.5 Å². The number of anilines is 1. The van der Waals surface area contributed by atoms with Gasteiger partial charge in [-0.15, -0.1) is 8.67 Å². The zero-order valence-corrected chi connectivity index (χ0v) is 40.9. The highest BCUT2D eigenvalue weighted by Gasteiger charge is 2.56. The lowest BCUT2D eigenvalue weighted by Gasteiger charge is -2.28. The molecule has 4 unspecified atom stereocenters. The number of aliphatic hydroxyl groups excluding tert-OH is 2. The number of hydrogen-bond donors (Lipinski definition) is 8. The molecule has 0 aromatic heterocycles. The Morgan fingerprint density at radius 3 is 2.04 bits per heavy atom. The minimum absolute atomic E-state index is 0.104. The molecule has 0 saturated heterocycles. The summed E-state index contributed by atoms with van der Waals surface area (Å²) in [5.41, 5.74) is 2.52. The van der Waals surface area contributed by atoms with E-state index in [0.29, 0.717) is 111 Å². The summed E-state index contributed by atoms with van der Waals surface area (Å²) in [4.78, 5) is 0.948. The molecule has 69 heavy (non-hydrogen) atoms. The number of rotatable bonds is 18. The predicted molar refractivity (Wildman–Crippen MR) is 248 cm³/mol. The Balaban J connectivity index is 1.28. The molecule has 0 radical (unpaired) electrons. The average Bonchev–Trinajstić information content (AvgIpc) is 3.90. The van der Waals surface area contributed by atoms with E-state index in [4.69, 9.17) is 14.8 Å². The monoisotopic (exact) mass is 1080 g/mol. The zero-order valence-electron chi connectivity index (χ0n) is 36.0. The standard InChI is InChI=1S/C41H42N2O20S6/c1-40-12-10-22(38(40)42(18-26(44)20-66(48,49)50)30-9-7-25-15-29(68(54,55)56)17-32(65-63-61-47)34(25)36(30)40)4-3-5-23-11-13-41(2)37-31(43(39(23)41)19-27(45)21-67(51,52)53)8-6-24-14-28(64-62-60-46)16-33(35(24)37)69(57,58)59/h3-9,14-17,26-27,44-45H,10-13,18-21H2,1-2H3,(H5-,46,47,48,49,50,51,52,53,54,55,56,57,58,59)/p+1. The van der Waals surface area contributed by atoms with Gasteiger partial charge in [0.25, 0.3) is 40.5 Å². The molecule has 2 heterocycles. The van der Waals surface area contributed by atoms with Gasteiger partial charge < -0.3 is 15.1 Å². The fourth-order valence-corrected chi connectivity index (χ4v) is 14.2. The highest BCUT2D eigenvalue weighted by Crippen LogP contribution is 2.60. The van der Waals surface area contributed by atoms with Gasteiger partial charge in [-0.05, 0) is 97.8 Å². The Morgan fingerprint density at radius 2 is 1.39 bits per heavy atom. The van der Waals surface area contributed by atoms with E-state index in [1.165, 1.54) is 12.1 Å². The third-order valence-corrected chi connectivity index (χ3v) is 17.3.